The van der Waals surface area contributed by atoms with Crippen LogP contribution in [-0.2, 0) is 4.79 Å². The quantitative estimate of drug-likeness (QED) is 0.927. The molecule has 1 aromatic carbocycles. The Kier molecular flexibility index (Phi) is 5.52. The summed E-state index contributed by atoms with van der Waals surface area (Å²) in [5.41, 5.74) is 0.841. The second-order valence-corrected chi connectivity index (χ2v) is 5.89. The summed E-state index contributed by atoms with van der Waals surface area (Å²) in [7, 11) is 2.08. The van der Waals surface area contributed by atoms with Gasteiger partial charge < -0.3 is 15.1 Å². The molecule has 0 bridgehead atoms. The molecule has 1 aliphatic rings. The van der Waals surface area contributed by atoms with E-state index in [1.165, 1.54) is 0 Å². The molecular formula is C14H19Cl2N3O. The monoisotopic (exact) mass is 315 g/mol. The lowest BCUT2D eigenvalue weighted by Gasteiger charge is -2.32. The largest absolute Gasteiger partial charge is 0.384 e. The average molecular weight is 316 g/mol. The van der Waals surface area contributed by atoms with Crippen molar-refractivity contribution in [3.8, 4) is 0 Å². The van der Waals surface area contributed by atoms with Gasteiger partial charge in [-0.1, -0.05) is 23.2 Å². The molecular weight excluding hydrogens is 297 g/mol. The van der Waals surface area contributed by atoms with Crippen LogP contribution in [0.2, 0.25) is 10.0 Å². The number of carbonyl (C=O) groups excluding carboxylic acids is 1. The van der Waals surface area contributed by atoms with Gasteiger partial charge in [-0.15, -0.1) is 0 Å². The van der Waals surface area contributed by atoms with Crippen molar-refractivity contribution in [3.05, 3.63) is 28.2 Å². The molecule has 0 aliphatic carbocycles. The van der Waals surface area contributed by atoms with Crippen molar-refractivity contribution in [1.29, 1.82) is 0 Å². The smallest absolute Gasteiger partial charge is 0.224 e. The minimum Gasteiger partial charge on any atom is -0.384 e. The number of benzene rings is 1. The normalized spacial score (nSPS) is 16.2. The van der Waals surface area contributed by atoms with Crippen LogP contribution in [0.5, 0.6) is 0 Å². The maximum absolute atomic E-state index is 12.0. The Morgan fingerprint density at radius 1 is 1.15 bits per heavy atom. The Balaban J connectivity index is 1.76. The van der Waals surface area contributed by atoms with E-state index in [1.807, 2.05) is 4.90 Å². The number of hydrogen-bond donors (Lipinski definition) is 1. The summed E-state index contributed by atoms with van der Waals surface area (Å²) in [6, 6.07) is 5.28. The van der Waals surface area contributed by atoms with Crippen LogP contribution in [0.15, 0.2) is 18.2 Å². The number of amides is 1. The number of rotatable bonds is 4. The van der Waals surface area contributed by atoms with Crippen molar-refractivity contribution in [3.63, 3.8) is 0 Å². The van der Waals surface area contributed by atoms with Gasteiger partial charge in [0.25, 0.3) is 0 Å². The molecule has 0 atom stereocenters. The first kappa shape index (κ1) is 15.4. The van der Waals surface area contributed by atoms with Gasteiger partial charge in [0.1, 0.15) is 0 Å². The van der Waals surface area contributed by atoms with Gasteiger partial charge >= 0.3 is 0 Å². The molecule has 0 aromatic heterocycles. The summed E-state index contributed by atoms with van der Waals surface area (Å²) < 4.78 is 0. The van der Waals surface area contributed by atoms with Crippen molar-refractivity contribution in [2.75, 3.05) is 45.1 Å². The zero-order valence-electron chi connectivity index (χ0n) is 11.5. The van der Waals surface area contributed by atoms with Gasteiger partial charge in [-0.3, -0.25) is 4.79 Å². The zero-order valence-corrected chi connectivity index (χ0v) is 13.0. The minimum absolute atomic E-state index is 0.193. The molecule has 2 rings (SSSR count). The first-order valence-corrected chi connectivity index (χ1v) is 7.46. The third kappa shape index (κ3) is 4.54. The maximum Gasteiger partial charge on any atom is 0.224 e. The van der Waals surface area contributed by atoms with Crippen LogP contribution < -0.4 is 5.32 Å². The molecule has 4 nitrogen and oxygen atoms in total. The molecule has 6 heteroatoms. The lowest BCUT2D eigenvalue weighted by atomic mass is 10.2. The van der Waals surface area contributed by atoms with Crippen LogP contribution in [-0.4, -0.2) is 55.5 Å². The van der Waals surface area contributed by atoms with Crippen molar-refractivity contribution in [2.45, 2.75) is 6.42 Å². The fourth-order valence-electron chi connectivity index (χ4n) is 2.18. The molecule has 1 heterocycles. The van der Waals surface area contributed by atoms with Gasteiger partial charge in [0.15, 0.2) is 0 Å². The molecule has 0 spiro atoms. The van der Waals surface area contributed by atoms with Gasteiger partial charge in [-0.05, 0) is 25.2 Å². The second-order valence-electron chi connectivity index (χ2n) is 5.02. The lowest BCUT2D eigenvalue weighted by Crippen LogP contribution is -2.47. The molecule has 1 aromatic rings. The molecule has 110 valence electrons. The Bertz CT molecular complexity index is 453. The number of halogens is 2. The third-order valence-electron chi connectivity index (χ3n) is 3.39. The number of piperazine rings is 1. The maximum atomic E-state index is 12.0. The Morgan fingerprint density at radius 2 is 1.75 bits per heavy atom. The van der Waals surface area contributed by atoms with Gasteiger partial charge in [-0.2, -0.15) is 0 Å². The summed E-state index contributed by atoms with van der Waals surface area (Å²) in [5, 5.41) is 4.35. The Morgan fingerprint density at radius 3 is 2.35 bits per heavy atom. The van der Waals surface area contributed by atoms with Crippen LogP contribution >= 0.6 is 23.2 Å². The number of hydrogen-bond acceptors (Lipinski definition) is 3. The van der Waals surface area contributed by atoms with Crippen LogP contribution in [0, 0.1) is 0 Å². The number of carbonyl (C=O) groups is 1. The van der Waals surface area contributed by atoms with E-state index in [9.17, 15) is 4.79 Å². The summed E-state index contributed by atoms with van der Waals surface area (Å²) in [6.07, 6.45) is 0.480. The molecule has 0 radical (unpaired) electrons. The molecule has 1 fully saturated rings. The fraction of sp³-hybridized carbons (Fsp3) is 0.500. The van der Waals surface area contributed by atoms with Crippen LogP contribution in [0.3, 0.4) is 0 Å². The average Bonchev–Trinajstić information content (AvgIpc) is 2.38. The van der Waals surface area contributed by atoms with Crippen LogP contribution in [0.1, 0.15) is 6.42 Å². The summed E-state index contributed by atoms with van der Waals surface area (Å²) in [6.45, 7) is 4.12. The van der Waals surface area contributed by atoms with Crippen molar-refractivity contribution in [2.24, 2.45) is 0 Å². The van der Waals surface area contributed by atoms with E-state index in [1.54, 1.807) is 18.2 Å². The highest BCUT2D eigenvalue weighted by Crippen LogP contribution is 2.22. The van der Waals surface area contributed by atoms with E-state index in [0.717, 1.165) is 31.9 Å². The highest BCUT2D eigenvalue weighted by atomic mass is 35.5. The van der Waals surface area contributed by atoms with E-state index in [2.05, 4.69) is 17.3 Å². The van der Waals surface area contributed by atoms with Crippen LogP contribution in [0.4, 0.5) is 5.69 Å². The molecule has 0 unspecified atom stereocenters. The predicted octanol–water partition coefficient (Wildman–Crippen LogP) is 2.57. The number of nitrogens with one attached hydrogen (secondary N) is 1. The topological polar surface area (TPSA) is 35.6 Å². The second kappa shape index (κ2) is 7.16. The van der Waals surface area contributed by atoms with Gasteiger partial charge in [-0.25, -0.2) is 0 Å². The van der Waals surface area contributed by atoms with Crippen LogP contribution in [0.25, 0.3) is 0 Å². The Hall–Kier alpha value is -0.970. The molecule has 1 N–H and O–H groups in total. The standard InChI is InChI=1S/C14H19Cl2N3O/c1-18-4-6-19(7-5-18)14(20)2-3-17-13-9-11(15)8-12(16)10-13/h8-10,17H,2-7H2,1H3. The first-order chi connectivity index (χ1) is 9.54. The van der Waals surface area contributed by atoms with Crippen molar-refractivity contribution >= 4 is 34.8 Å². The van der Waals surface area contributed by atoms with Crippen molar-refractivity contribution in [1.82, 2.24) is 9.80 Å². The van der Waals surface area contributed by atoms with E-state index >= 15 is 0 Å². The van der Waals surface area contributed by atoms with Gasteiger partial charge in [0.05, 0.1) is 0 Å². The number of nitrogens with zero attached hydrogens (tertiary/aromatic N) is 2. The first-order valence-electron chi connectivity index (χ1n) is 6.71. The van der Waals surface area contributed by atoms with Gasteiger partial charge in [0, 0.05) is 54.9 Å². The molecule has 1 saturated heterocycles. The number of anilines is 1. The lowest BCUT2D eigenvalue weighted by molar-refractivity contribution is -0.132. The van der Waals surface area contributed by atoms with Crippen molar-refractivity contribution < 1.29 is 4.79 Å². The molecule has 20 heavy (non-hydrogen) atoms. The van der Waals surface area contributed by atoms with E-state index in [4.69, 9.17) is 23.2 Å². The Labute approximate surface area is 129 Å². The predicted molar refractivity (Wildman–Crippen MR) is 83.6 cm³/mol. The highest BCUT2D eigenvalue weighted by molar-refractivity contribution is 6.35. The summed E-state index contributed by atoms with van der Waals surface area (Å²) in [5.74, 6) is 0.193. The number of likely N-dealkylation sites (N-methyl/N-ethyl adjacent to an activating group) is 1. The summed E-state index contributed by atoms with van der Waals surface area (Å²) >= 11 is 11.8. The molecule has 1 amide bonds. The van der Waals surface area contributed by atoms with E-state index in [-0.39, 0.29) is 5.91 Å². The third-order valence-corrected chi connectivity index (χ3v) is 3.82. The summed E-state index contributed by atoms with van der Waals surface area (Å²) in [4.78, 5) is 16.2. The van der Waals surface area contributed by atoms with E-state index < -0.39 is 0 Å². The molecule has 1 aliphatic heterocycles. The zero-order chi connectivity index (χ0) is 14.5. The van der Waals surface area contributed by atoms with Gasteiger partial charge in [0.2, 0.25) is 5.91 Å². The fourth-order valence-corrected chi connectivity index (χ4v) is 2.71. The SMILES string of the molecule is CN1CCN(C(=O)CCNc2cc(Cl)cc(Cl)c2)CC1. The van der Waals surface area contributed by atoms with E-state index in [0.29, 0.717) is 23.0 Å². The molecule has 0 saturated carbocycles. The highest BCUT2D eigenvalue weighted by Gasteiger charge is 2.18. The minimum atomic E-state index is 0.193.